The summed E-state index contributed by atoms with van der Waals surface area (Å²) in [7, 11) is 0. The zero-order valence-electron chi connectivity index (χ0n) is 7.40. The zero-order chi connectivity index (χ0) is 9.10. The zero-order valence-corrected chi connectivity index (χ0v) is 7.40. The lowest BCUT2D eigenvalue weighted by Gasteiger charge is -2.21. The smallest absolute Gasteiger partial charge is 0.158 e. The number of Topliss-reactive ketones (excluding diaryl/α,β-unsaturated/α-hetero) is 1. The minimum atomic E-state index is 0.124. The lowest BCUT2D eigenvalue weighted by molar-refractivity contribution is -0.131. The molecule has 68 valence electrons. The highest BCUT2D eigenvalue weighted by Crippen LogP contribution is 2.25. The molecule has 1 atom stereocenters. The quantitative estimate of drug-likeness (QED) is 0.655. The molecule has 1 fully saturated rings. The van der Waals surface area contributed by atoms with Crippen LogP contribution in [0, 0.1) is 0 Å². The van der Waals surface area contributed by atoms with E-state index in [2.05, 4.69) is 0 Å². The molecule has 1 unspecified atom stereocenters. The Labute approximate surface area is 77.5 Å². The molecule has 0 radical (unpaired) electrons. The Morgan fingerprint density at radius 2 is 2.00 bits per heavy atom. The first-order chi connectivity index (χ1) is 6.36. The van der Waals surface area contributed by atoms with Crippen molar-refractivity contribution in [2.45, 2.75) is 18.9 Å². The summed E-state index contributed by atoms with van der Waals surface area (Å²) in [6.45, 7) is 0.277. The Kier molecular flexibility index (Phi) is 2.41. The van der Waals surface area contributed by atoms with E-state index in [1.54, 1.807) is 0 Å². The second-order valence-corrected chi connectivity index (χ2v) is 3.29. The van der Waals surface area contributed by atoms with Gasteiger partial charge < -0.3 is 4.74 Å². The summed E-state index contributed by atoms with van der Waals surface area (Å²) in [4.78, 5) is 10.9. The molecule has 0 aliphatic carbocycles. The van der Waals surface area contributed by atoms with E-state index in [4.69, 9.17) is 4.74 Å². The van der Waals surface area contributed by atoms with Gasteiger partial charge in [0, 0.05) is 6.42 Å². The maximum absolute atomic E-state index is 10.9. The first-order valence-electron chi connectivity index (χ1n) is 4.54. The molecule has 1 aromatic carbocycles. The molecule has 0 saturated carbocycles. The highest BCUT2D eigenvalue weighted by Gasteiger charge is 2.19. The average molecular weight is 176 g/mol. The van der Waals surface area contributed by atoms with Crippen LogP contribution in [0.3, 0.4) is 0 Å². The Morgan fingerprint density at radius 1 is 1.23 bits per heavy atom. The maximum atomic E-state index is 10.9. The van der Waals surface area contributed by atoms with Crippen molar-refractivity contribution in [1.82, 2.24) is 0 Å². The Hall–Kier alpha value is -1.15. The number of ether oxygens (including phenoxy) is 1. The van der Waals surface area contributed by atoms with E-state index in [0.717, 1.165) is 6.42 Å². The molecule has 0 spiro atoms. The van der Waals surface area contributed by atoms with Gasteiger partial charge in [0.05, 0.1) is 6.10 Å². The summed E-state index contributed by atoms with van der Waals surface area (Å²) in [6, 6.07) is 10.1. The van der Waals surface area contributed by atoms with Crippen molar-refractivity contribution >= 4 is 5.78 Å². The van der Waals surface area contributed by atoms with Crippen molar-refractivity contribution in [2.75, 3.05) is 6.61 Å². The largest absolute Gasteiger partial charge is 0.366 e. The van der Waals surface area contributed by atoms with Crippen LogP contribution in [0.15, 0.2) is 30.3 Å². The molecular formula is C11H12O2. The summed E-state index contributed by atoms with van der Waals surface area (Å²) in [5.41, 5.74) is 1.18. The molecule has 0 amide bonds. The fraction of sp³-hybridized carbons (Fsp3) is 0.364. The first-order valence-corrected chi connectivity index (χ1v) is 4.54. The average Bonchev–Trinajstić information content (AvgIpc) is 2.20. The van der Waals surface area contributed by atoms with Crippen LogP contribution in [-0.4, -0.2) is 12.4 Å². The standard InChI is InChI=1S/C11H12O2/c12-10-6-7-11(13-8-10)9-4-2-1-3-5-9/h1-5,11H,6-8H2. The van der Waals surface area contributed by atoms with Crippen LogP contribution in [0.25, 0.3) is 0 Å². The van der Waals surface area contributed by atoms with Crippen LogP contribution in [0.2, 0.25) is 0 Å². The lowest BCUT2D eigenvalue weighted by Crippen LogP contribution is -2.19. The van der Waals surface area contributed by atoms with Gasteiger partial charge in [-0.1, -0.05) is 30.3 Å². The van der Waals surface area contributed by atoms with Gasteiger partial charge in [-0.05, 0) is 12.0 Å². The molecule has 1 aliphatic heterocycles. The Balaban J connectivity index is 2.07. The molecule has 2 nitrogen and oxygen atoms in total. The lowest BCUT2D eigenvalue weighted by atomic mass is 10.0. The molecule has 1 aliphatic rings. The van der Waals surface area contributed by atoms with Crippen LogP contribution < -0.4 is 0 Å². The number of hydrogen-bond donors (Lipinski definition) is 0. The van der Waals surface area contributed by atoms with Gasteiger partial charge in [0.2, 0.25) is 0 Å². The number of rotatable bonds is 1. The molecule has 1 heterocycles. The van der Waals surface area contributed by atoms with E-state index in [0.29, 0.717) is 6.42 Å². The third kappa shape index (κ3) is 1.95. The van der Waals surface area contributed by atoms with E-state index in [9.17, 15) is 4.79 Å². The van der Waals surface area contributed by atoms with E-state index in [-0.39, 0.29) is 18.5 Å². The van der Waals surface area contributed by atoms with Crippen LogP contribution in [0.4, 0.5) is 0 Å². The van der Waals surface area contributed by atoms with Crippen molar-refractivity contribution in [3.05, 3.63) is 35.9 Å². The monoisotopic (exact) mass is 176 g/mol. The Bertz CT molecular complexity index is 282. The third-order valence-corrected chi connectivity index (χ3v) is 2.30. The summed E-state index contributed by atoms with van der Waals surface area (Å²) in [5, 5.41) is 0. The van der Waals surface area contributed by atoms with Gasteiger partial charge in [0.1, 0.15) is 6.61 Å². The second kappa shape index (κ2) is 3.71. The summed E-state index contributed by atoms with van der Waals surface area (Å²) in [5.74, 6) is 0.215. The number of hydrogen-bond acceptors (Lipinski definition) is 2. The molecule has 1 aromatic rings. The van der Waals surface area contributed by atoms with Gasteiger partial charge in [0.25, 0.3) is 0 Å². The number of carbonyl (C=O) groups is 1. The minimum Gasteiger partial charge on any atom is -0.366 e. The number of benzene rings is 1. The minimum absolute atomic E-state index is 0.124. The van der Waals surface area contributed by atoms with Crippen molar-refractivity contribution < 1.29 is 9.53 Å². The van der Waals surface area contributed by atoms with Gasteiger partial charge in [-0.3, -0.25) is 4.79 Å². The highest BCUT2D eigenvalue weighted by atomic mass is 16.5. The van der Waals surface area contributed by atoms with Crippen molar-refractivity contribution in [1.29, 1.82) is 0 Å². The van der Waals surface area contributed by atoms with E-state index in [1.165, 1.54) is 5.56 Å². The van der Waals surface area contributed by atoms with Gasteiger partial charge in [-0.25, -0.2) is 0 Å². The topological polar surface area (TPSA) is 26.3 Å². The predicted molar refractivity (Wildman–Crippen MR) is 49.4 cm³/mol. The molecular weight excluding hydrogens is 164 g/mol. The van der Waals surface area contributed by atoms with Crippen molar-refractivity contribution in [3.63, 3.8) is 0 Å². The van der Waals surface area contributed by atoms with E-state index < -0.39 is 0 Å². The molecule has 13 heavy (non-hydrogen) atoms. The summed E-state index contributed by atoms with van der Waals surface area (Å²) in [6.07, 6.45) is 1.60. The maximum Gasteiger partial charge on any atom is 0.158 e. The molecule has 0 aromatic heterocycles. The van der Waals surface area contributed by atoms with Gasteiger partial charge in [0.15, 0.2) is 5.78 Å². The van der Waals surface area contributed by atoms with Gasteiger partial charge in [-0.15, -0.1) is 0 Å². The normalized spacial score (nSPS) is 23.1. The van der Waals surface area contributed by atoms with Crippen LogP contribution in [-0.2, 0) is 9.53 Å². The molecule has 0 bridgehead atoms. The molecule has 2 rings (SSSR count). The number of carbonyl (C=O) groups excluding carboxylic acids is 1. The fourth-order valence-electron chi connectivity index (χ4n) is 1.57. The SMILES string of the molecule is O=C1CCC(c2ccccc2)OC1. The third-order valence-electron chi connectivity index (χ3n) is 2.30. The summed E-state index contributed by atoms with van der Waals surface area (Å²) >= 11 is 0. The van der Waals surface area contributed by atoms with Crippen LogP contribution in [0.1, 0.15) is 24.5 Å². The van der Waals surface area contributed by atoms with E-state index in [1.807, 2.05) is 30.3 Å². The summed E-state index contributed by atoms with van der Waals surface area (Å²) < 4.78 is 5.43. The molecule has 1 saturated heterocycles. The Morgan fingerprint density at radius 3 is 2.62 bits per heavy atom. The highest BCUT2D eigenvalue weighted by molar-refractivity contribution is 5.80. The van der Waals surface area contributed by atoms with Crippen molar-refractivity contribution in [2.24, 2.45) is 0 Å². The van der Waals surface area contributed by atoms with Gasteiger partial charge in [-0.2, -0.15) is 0 Å². The van der Waals surface area contributed by atoms with Crippen LogP contribution in [0.5, 0.6) is 0 Å². The van der Waals surface area contributed by atoms with Crippen molar-refractivity contribution in [3.8, 4) is 0 Å². The van der Waals surface area contributed by atoms with E-state index >= 15 is 0 Å². The fourth-order valence-corrected chi connectivity index (χ4v) is 1.57. The molecule has 0 N–H and O–H groups in total. The second-order valence-electron chi connectivity index (χ2n) is 3.29. The van der Waals surface area contributed by atoms with Gasteiger partial charge >= 0.3 is 0 Å². The first kappa shape index (κ1) is 8.45. The molecule has 2 heteroatoms. The van der Waals surface area contributed by atoms with Crippen LogP contribution >= 0.6 is 0 Å². The predicted octanol–water partition coefficient (Wildman–Crippen LogP) is 2.11. The number of ketones is 1.